The van der Waals surface area contributed by atoms with Gasteiger partial charge in [0.2, 0.25) is 0 Å². The van der Waals surface area contributed by atoms with Gasteiger partial charge in [0.25, 0.3) is 0 Å². The summed E-state index contributed by atoms with van der Waals surface area (Å²) < 4.78 is 0. The molecule has 0 aliphatic carbocycles. The van der Waals surface area contributed by atoms with Gasteiger partial charge in [-0.25, -0.2) is 0 Å². The van der Waals surface area contributed by atoms with Gasteiger partial charge in [0.15, 0.2) is 5.96 Å². The third kappa shape index (κ3) is 13.5. The van der Waals surface area contributed by atoms with Crippen LogP contribution >= 0.6 is 24.0 Å². The fourth-order valence-electron chi connectivity index (χ4n) is 1.33. The highest BCUT2D eigenvalue weighted by atomic mass is 127. The SMILES string of the molecule is C#CCNC(=NCCCCC(C)C)NCC.I. The molecule has 0 rings (SSSR count). The molecule has 0 heterocycles. The average molecular weight is 351 g/mol. The molecule has 0 amide bonds. The lowest BCUT2D eigenvalue weighted by atomic mass is 10.1. The van der Waals surface area contributed by atoms with Crippen LogP contribution in [0, 0.1) is 18.3 Å². The molecule has 0 aliphatic rings. The lowest BCUT2D eigenvalue weighted by Gasteiger charge is -2.08. The Morgan fingerprint density at radius 1 is 1.29 bits per heavy atom. The average Bonchev–Trinajstić information content (AvgIpc) is 2.24. The Morgan fingerprint density at radius 2 is 2.00 bits per heavy atom. The largest absolute Gasteiger partial charge is 0.357 e. The van der Waals surface area contributed by atoms with Crippen molar-refractivity contribution in [1.29, 1.82) is 0 Å². The molecule has 4 heteroatoms. The number of aliphatic imine (C=N–C) groups is 1. The van der Waals surface area contributed by atoms with E-state index in [9.17, 15) is 0 Å². The van der Waals surface area contributed by atoms with Crippen molar-refractivity contribution in [3.63, 3.8) is 0 Å². The summed E-state index contributed by atoms with van der Waals surface area (Å²) in [6, 6.07) is 0. The summed E-state index contributed by atoms with van der Waals surface area (Å²) in [7, 11) is 0. The van der Waals surface area contributed by atoms with Gasteiger partial charge in [-0.2, -0.15) is 0 Å². The Kier molecular flexibility index (Phi) is 15.2. The van der Waals surface area contributed by atoms with Crippen molar-refractivity contribution in [2.24, 2.45) is 10.9 Å². The van der Waals surface area contributed by atoms with E-state index in [-0.39, 0.29) is 24.0 Å². The highest BCUT2D eigenvalue weighted by Gasteiger charge is 1.96. The van der Waals surface area contributed by atoms with E-state index >= 15 is 0 Å². The quantitative estimate of drug-likeness (QED) is 0.243. The minimum absolute atomic E-state index is 0. The lowest BCUT2D eigenvalue weighted by molar-refractivity contribution is 0.541. The van der Waals surface area contributed by atoms with Crippen molar-refractivity contribution in [1.82, 2.24) is 10.6 Å². The number of hydrogen-bond donors (Lipinski definition) is 2. The Hall–Kier alpha value is -0.440. The number of hydrogen-bond acceptors (Lipinski definition) is 1. The number of nitrogens with zero attached hydrogens (tertiary/aromatic N) is 1. The van der Waals surface area contributed by atoms with E-state index in [2.05, 4.69) is 35.4 Å². The van der Waals surface area contributed by atoms with Gasteiger partial charge in [0.05, 0.1) is 6.54 Å². The Balaban J connectivity index is 0. The Labute approximate surface area is 123 Å². The van der Waals surface area contributed by atoms with E-state index in [4.69, 9.17) is 6.42 Å². The van der Waals surface area contributed by atoms with Crippen LogP contribution in [0.3, 0.4) is 0 Å². The van der Waals surface area contributed by atoms with Crippen LogP contribution in [0.1, 0.15) is 40.0 Å². The van der Waals surface area contributed by atoms with Crippen LogP contribution in [-0.2, 0) is 0 Å². The van der Waals surface area contributed by atoms with Gasteiger partial charge < -0.3 is 10.6 Å². The van der Waals surface area contributed by atoms with E-state index in [1.54, 1.807) is 0 Å². The second-order valence-corrected chi connectivity index (χ2v) is 4.21. The predicted octanol–water partition coefficient (Wildman–Crippen LogP) is 2.62. The first-order valence-corrected chi connectivity index (χ1v) is 6.16. The zero-order chi connectivity index (χ0) is 12.2. The number of guanidine groups is 1. The molecule has 0 fully saturated rings. The molecule has 0 saturated heterocycles. The molecule has 17 heavy (non-hydrogen) atoms. The lowest BCUT2D eigenvalue weighted by Crippen LogP contribution is -2.37. The molecule has 0 aliphatic heterocycles. The highest BCUT2D eigenvalue weighted by molar-refractivity contribution is 14.0. The molecule has 0 aromatic rings. The summed E-state index contributed by atoms with van der Waals surface area (Å²) in [6.07, 6.45) is 8.86. The third-order valence-corrected chi connectivity index (χ3v) is 2.16. The molecule has 0 aromatic heterocycles. The molecular weight excluding hydrogens is 325 g/mol. The monoisotopic (exact) mass is 351 g/mol. The van der Waals surface area contributed by atoms with Gasteiger partial charge >= 0.3 is 0 Å². The molecule has 3 nitrogen and oxygen atoms in total. The second kappa shape index (κ2) is 13.6. The van der Waals surface area contributed by atoms with E-state index in [0.717, 1.165) is 31.4 Å². The second-order valence-electron chi connectivity index (χ2n) is 4.21. The minimum atomic E-state index is 0. The van der Waals surface area contributed by atoms with Crippen LogP contribution in [0.4, 0.5) is 0 Å². The molecule has 2 N–H and O–H groups in total. The van der Waals surface area contributed by atoms with Crippen molar-refractivity contribution in [3.05, 3.63) is 0 Å². The zero-order valence-corrected chi connectivity index (χ0v) is 13.6. The molecule has 0 bridgehead atoms. The first-order chi connectivity index (χ1) is 7.70. The van der Waals surface area contributed by atoms with Crippen molar-refractivity contribution in [2.75, 3.05) is 19.6 Å². The summed E-state index contributed by atoms with van der Waals surface area (Å²) in [5.74, 6) is 4.15. The molecule has 0 unspecified atom stereocenters. The minimum Gasteiger partial charge on any atom is -0.357 e. The summed E-state index contributed by atoms with van der Waals surface area (Å²) in [6.45, 7) is 8.81. The van der Waals surface area contributed by atoms with Crippen molar-refractivity contribution in [2.45, 2.75) is 40.0 Å². The molecule has 0 aromatic carbocycles. The smallest absolute Gasteiger partial charge is 0.192 e. The fourth-order valence-corrected chi connectivity index (χ4v) is 1.33. The molecule has 0 spiro atoms. The van der Waals surface area contributed by atoms with Crippen LogP contribution < -0.4 is 10.6 Å². The number of nitrogens with one attached hydrogen (secondary N) is 2. The zero-order valence-electron chi connectivity index (χ0n) is 11.3. The Morgan fingerprint density at radius 3 is 2.53 bits per heavy atom. The van der Waals surface area contributed by atoms with Gasteiger partial charge in [0, 0.05) is 13.1 Å². The van der Waals surface area contributed by atoms with Gasteiger partial charge in [-0.15, -0.1) is 30.4 Å². The van der Waals surface area contributed by atoms with Crippen LogP contribution in [0.2, 0.25) is 0 Å². The molecule has 0 radical (unpaired) electrons. The van der Waals surface area contributed by atoms with E-state index in [0.29, 0.717) is 6.54 Å². The Bertz CT molecular complexity index is 231. The first-order valence-electron chi connectivity index (χ1n) is 6.16. The first kappa shape index (κ1) is 18.9. The fraction of sp³-hybridized carbons (Fsp3) is 0.769. The maximum absolute atomic E-state index is 5.19. The maximum Gasteiger partial charge on any atom is 0.192 e. The van der Waals surface area contributed by atoms with Gasteiger partial charge in [0.1, 0.15) is 0 Å². The topological polar surface area (TPSA) is 36.4 Å². The van der Waals surface area contributed by atoms with Crippen LogP contribution in [0.5, 0.6) is 0 Å². The summed E-state index contributed by atoms with van der Waals surface area (Å²) >= 11 is 0. The maximum atomic E-state index is 5.19. The van der Waals surface area contributed by atoms with Gasteiger partial charge in [-0.1, -0.05) is 32.6 Å². The van der Waals surface area contributed by atoms with E-state index in [1.807, 2.05) is 6.92 Å². The van der Waals surface area contributed by atoms with Crippen molar-refractivity contribution >= 4 is 29.9 Å². The number of unbranched alkanes of at least 4 members (excludes halogenated alkanes) is 1. The highest BCUT2D eigenvalue weighted by Crippen LogP contribution is 2.05. The molecule has 100 valence electrons. The van der Waals surface area contributed by atoms with Gasteiger partial charge in [-0.05, 0) is 19.3 Å². The van der Waals surface area contributed by atoms with E-state index in [1.165, 1.54) is 12.8 Å². The summed E-state index contributed by atoms with van der Waals surface area (Å²) in [4.78, 5) is 4.45. The molecule has 0 atom stereocenters. The standard InChI is InChI=1S/C13H25N3.HI/c1-5-10-15-13(14-6-2)16-11-8-7-9-12(3)4;/h1,12H,6-11H2,2-4H3,(H2,14,15,16);1H. The number of terminal acetylenes is 1. The third-order valence-electron chi connectivity index (χ3n) is 2.16. The van der Waals surface area contributed by atoms with Crippen LogP contribution in [0.15, 0.2) is 4.99 Å². The summed E-state index contributed by atoms with van der Waals surface area (Å²) in [5.41, 5.74) is 0. The van der Waals surface area contributed by atoms with E-state index < -0.39 is 0 Å². The van der Waals surface area contributed by atoms with Crippen LogP contribution in [-0.4, -0.2) is 25.6 Å². The predicted molar refractivity (Wildman–Crippen MR) is 86.9 cm³/mol. The molecular formula is C13H26IN3. The summed E-state index contributed by atoms with van der Waals surface area (Å²) in [5, 5.41) is 6.23. The molecule has 0 saturated carbocycles. The van der Waals surface area contributed by atoms with Crippen molar-refractivity contribution < 1.29 is 0 Å². The van der Waals surface area contributed by atoms with Crippen molar-refractivity contribution in [3.8, 4) is 12.3 Å². The van der Waals surface area contributed by atoms with Gasteiger partial charge in [-0.3, -0.25) is 4.99 Å². The number of halogens is 1. The van der Waals surface area contributed by atoms with Crippen LogP contribution in [0.25, 0.3) is 0 Å². The normalized spacial score (nSPS) is 10.6. The number of rotatable bonds is 7.